The predicted octanol–water partition coefficient (Wildman–Crippen LogP) is 2.70. The number of carbonyl (C=O) groups is 1. The van der Waals surface area contributed by atoms with Gasteiger partial charge in [-0.3, -0.25) is 0 Å². The molecule has 0 radical (unpaired) electrons. The molecule has 0 aliphatic carbocycles. The minimum atomic E-state index is -0.938. The SMILES string of the molecule is Cc1c(C(=O)O)sc2ncnc(Sc3ncns3)c12. The van der Waals surface area contributed by atoms with E-state index in [0.29, 0.717) is 20.3 Å². The molecule has 0 spiro atoms. The van der Waals surface area contributed by atoms with E-state index < -0.39 is 5.97 Å². The van der Waals surface area contributed by atoms with Gasteiger partial charge in [-0.15, -0.1) is 11.3 Å². The molecule has 9 heteroatoms. The molecule has 19 heavy (non-hydrogen) atoms. The van der Waals surface area contributed by atoms with Gasteiger partial charge >= 0.3 is 5.97 Å². The molecule has 0 aromatic carbocycles. The molecule has 96 valence electrons. The molecular weight excluding hydrogens is 304 g/mol. The van der Waals surface area contributed by atoms with Crippen molar-refractivity contribution in [2.45, 2.75) is 16.3 Å². The van der Waals surface area contributed by atoms with Gasteiger partial charge in [0.15, 0.2) is 4.34 Å². The summed E-state index contributed by atoms with van der Waals surface area (Å²) in [5.41, 5.74) is 0.695. The van der Waals surface area contributed by atoms with Gasteiger partial charge in [0.2, 0.25) is 0 Å². The summed E-state index contributed by atoms with van der Waals surface area (Å²) in [6, 6.07) is 0. The van der Waals surface area contributed by atoms with Gasteiger partial charge in [-0.2, -0.15) is 4.37 Å². The molecular formula is C10H6N4O2S3. The number of hydrogen-bond donors (Lipinski definition) is 1. The fourth-order valence-electron chi connectivity index (χ4n) is 1.61. The number of hydrogen-bond acceptors (Lipinski definition) is 8. The molecule has 3 aromatic rings. The van der Waals surface area contributed by atoms with E-state index in [4.69, 9.17) is 5.11 Å². The van der Waals surface area contributed by atoms with Crippen molar-refractivity contribution in [2.75, 3.05) is 0 Å². The quantitative estimate of drug-likeness (QED) is 0.744. The number of aromatic nitrogens is 4. The Hall–Kier alpha value is -1.58. The predicted molar refractivity (Wildman–Crippen MR) is 73.1 cm³/mol. The number of aryl methyl sites for hydroxylation is 1. The highest BCUT2D eigenvalue weighted by atomic mass is 32.2. The smallest absolute Gasteiger partial charge is 0.346 e. The number of fused-ring (bicyclic) bond motifs is 1. The highest BCUT2D eigenvalue weighted by Gasteiger charge is 2.19. The van der Waals surface area contributed by atoms with Crippen LogP contribution < -0.4 is 0 Å². The van der Waals surface area contributed by atoms with Gasteiger partial charge in [0.05, 0.1) is 0 Å². The van der Waals surface area contributed by atoms with Crippen LogP contribution in [0.3, 0.4) is 0 Å². The van der Waals surface area contributed by atoms with E-state index in [1.165, 1.54) is 35.9 Å². The summed E-state index contributed by atoms with van der Waals surface area (Å²) in [4.78, 5) is 24.6. The summed E-state index contributed by atoms with van der Waals surface area (Å²) >= 11 is 3.81. The summed E-state index contributed by atoms with van der Waals surface area (Å²) in [6.07, 6.45) is 2.92. The summed E-state index contributed by atoms with van der Waals surface area (Å²) in [5.74, 6) is -0.938. The lowest BCUT2D eigenvalue weighted by Crippen LogP contribution is -1.94. The molecule has 0 unspecified atom stereocenters. The number of rotatable bonds is 3. The van der Waals surface area contributed by atoms with E-state index in [0.717, 1.165) is 21.1 Å². The zero-order valence-electron chi connectivity index (χ0n) is 9.52. The molecule has 1 N–H and O–H groups in total. The van der Waals surface area contributed by atoms with Crippen molar-refractivity contribution in [3.63, 3.8) is 0 Å². The second kappa shape index (κ2) is 4.83. The standard InChI is InChI=1S/C10H6N4O2S3/c1-4-5-7(17-6(4)9(15)16)11-2-12-8(5)18-10-13-3-14-19-10/h2-3H,1H3,(H,15,16). The maximum absolute atomic E-state index is 11.2. The van der Waals surface area contributed by atoms with Crippen LogP contribution in [0.4, 0.5) is 0 Å². The van der Waals surface area contributed by atoms with Crippen LogP contribution in [0.15, 0.2) is 22.0 Å². The first-order valence-corrected chi connectivity index (χ1v) is 7.49. The molecule has 0 atom stereocenters. The first kappa shape index (κ1) is 12.5. The lowest BCUT2D eigenvalue weighted by molar-refractivity contribution is 0.0701. The molecule has 3 heterocycles. The van der Waals surface area contributed by atoms with Crippen molar-refractivity contribution in [2.24, 2.45) is 0 Å². The van der Waals surface area contributed by atoms with Gasteiger partial charge in [0, 0.05) is 5.39 Å². The first-order chi connectivity index (χ1) is 9.16. The fourth-order valence-corrected chi connectivity index (χ4v) is 4.17. The minimum Gasteiger partial charge on any atom is -0.477 e. The molecule has 0 saturated carbocycles. The third-order valence-electron chi connectivity index (χ3n) is 2.41. The van der Waals surface area contributed by atoms with Crippen LogP contribution in [0.5, 0.6) is 0 Å². The monoisotopic (exact) mass is 310 g/mol. The normalized spacial score (nSPS) is 11.0. The lowest BCUT2D eigenvalue weighted by Gasteiger charge is -1.99. The molecule has 0 aliphatic rings. The lowest BCUT2D eigenvalue weighted by atomic mass is 10.2. The summed E-state index contributed by atoms with van der Waals surface area (Å²) in [6.45, 7) is 1.77. The zero-order chi connectivity index (χ0) is 13.4. The Morgan fingerprint density at radius 2 is 2.16 bits per heavy atom. The number of aromatic carboxylic acids is 1. The third-order valence-corrected chi connectivity index (χ3v) is 5.32. The molecule has 3 aromatic heterocycles. The van der Waals surface area contributed by atoms with Crippen LogP contribution in [0.1, 0.15) is 15.2 Å². The number of carboxylic acid groups (broad SMARTS) is 1. The van der Waals surface area contributed by atoms with Crippen LogP contribution in [0.25, 0.3) is 10.2 Å². The van der Waals surface area contributed by atoms with Gasteiger partial charge in [-0.05, 0) is 35.8 Å². The van der Waals surface area contributed by atoms with Gasteiger partial charge in [-0.1, -0.05) is 0 Å². The van der Waals surface area contributed by atoms with Gasteiger partial charge < -0.3 is 5.11 Å². The average molecular weight is 310 g/mol. The number of carboxylic acids is 1. The molecule has 0 bridgehead atoms. The van der Waals surface area contributed by atoms with Crippen molar-refractivity contribution in [1.29, 1.82) is 0 Å². The van der Waals surface area contributed by atoms with Crippen molar-refractivity contribution in [3.8, 4) is 0 Å². The van der Waals surface area contributed by atoms with Crippen molar-refractivity contribution in [3.05, 3.63) is 23.1 Å². The summed E-state index contributed by atoms with van der Waals surface area (Å²) < 4.78 is 4.70. The van der Waals surface area contributed by atoms with E-state index in [1.807, 2.05) is 0 Å². The molecule has 6 nitrogen and oxygen atoms in total. The summed E-state index contributed by atoms with van der Waals surface area (Å²) in [5, 5.41) is 10.6. The molecule has 0 fully saturated rings. The Labute approximate surface area is 119 Å². The Morgan fingerprint density at radius 3 is 2.84 bits per heavy atom. The van der Waals surface area contributed by atoms with E-state index in [2.05, 4.69) is 19.3 Å². The second-order valence-electron chi connectivity index (χ2n) is 3.53. The minimum absolute atomic E-state index is 0.301. The van der Waals surface area contributed by atoms with Crippen molar-refractivity contribution >= 4 is 50.8 Å². The van der Waals surface area contributed by atoms with Crippen LogP contribution in [-0.4, -0.2) is 30.4 Å². The van der Waals surface area contributed by atoms with E-state index >= 15 is 0 Å². The van der Waals surface area contributed by atoms with E-state index in [-0.39, 0.29) is 0 Å². The van der Waals surface area contributed by atoms with Crippen molar-refractivity contribution < 1.29 is 9.90 Å². The van der Waals surface area contributed by atoms with Crippen LogP contribution in [-0.2, 0) is 0 Å². The second-order valence-corrected chi connectivity index (χ2v) is 6.54. The van der Waals surface area contributed by atoms with Crippen LogP contribution in [0.2, 0.25) is 0 Å². The summed E-state index contributed by atoms with van der Waals surface area (Å²) in [7, 11) is 0. The zero-order valence-corrected chi connectivity index (χ0v) is 12.0. The maximum Gasteiger partial charge on any atom is 0.346 e. The molecule has 0 amide bonds. The average Bonchev–Trinajstić information content (AvgIpc) is 2.98. The molecule has 0 saturated heterocycles. The van der Waals surface area contributed by atoms with Gasteiger partial charge in [-0.25, -0.2) is 19.7 Å². The van der Waals surface area contributed by atoms with E-state index in [9.17, 15) is 4.79 Å². The number of nitrogens with zero attached hydrogens (tertiary/aromatic N) is 4. The largest absolute Gasteiger partial charge is 0.477 e. The third kappa shape index (κ3) is 2.20. The van der Waals surface area contributed by atoms with E-state index in [1.54, 1.807) is 6.92 Å². The highest BCUT2D eigenvalue weighted by molar-refractivity contribution is 8.01. The van der Waals surface area contributed by atoms with Crippen LogP contribution in [0, 0.1) is 6.92 Å². The Kier molecular flexibility index (Phi) is 3.17. The Bertz CT molecular complexity index is 754. The Morgan fingerprint density at radius 1 is 1.32 bits per heavy atom. The van der Waals surface area contributed by atoms with Crippen molar-refractivity contribution in [1.82, 2.24) is 19.3 Å². The van der Waals surface area contributed by atoms with Gasteiger partial charge in [0.25, 0.3) is 0 Å². The fraction of sp³-hybridized carbons (Fsp3) is 0.100. The molecule has 3 rings (SSSR count). The Balaban J connectivity index is 2.17. The number of thiophene rings is 1. The first-order valence-electron chi connectivity index (χ1n) is 5.08. The maximum atomic E-state index is 11.2. The van der Waals surface area contributed by atoms with Crippen LogP contribution >= 0.6 is 34.6 Å². The van der Waals surface area contributed by atoms with Gasteiger partial charge in [0.1, 0.15) is 27.4 Å². The molecule has 0 aliphatic heterocycles. The highest BCUT2D eigenvalue weighted by Crippen LogP contribution is 2.37. The topological polar surface area (TPSA) is 88.9 Å².